The van der Waals surface area contributed by atoms with Gasteiger partial charge in [0.05, 0.1) is 25.6 Å². The summed E-state index contributed by atoms with van der Waals surface area (Å²) in [5, 5.41) is 3.81. The van der Waals surface area contributed by atoms with E-state index >= 15 is 0 Å². The molecule has 1 N–H and O–H groups in total. The van der Waals surface area contributed by atoms with E-state index in [9.17, 15) is 4.79 Å². The van der Waals surface area contributed by atoms with Gasteiger partial charge in [-0.05, 0) is 25.6 Å². The lowest BCUT2D eigenvalue weighted by Crippen LogP contribution is -2.50. The second-order valence-electron chi connectivity index (χ2n) is 4.13. The molecule has 1 aliphatic heterocycles. The lowest BCUT2D eigenvalue weighted by molar-refractivity contribution is -0.147. The van der Waals surface area contributed by atoms with Gasteiger partial charge in [0.15, 0.2) is 0 Å². The van der Waals surface area contributed by atoms with Crippen LogP contribution in [0.4, 0.5) is 0 Å². The van der Waals surface area contributed by atoms with Gasteiger partial charge in [-0.25, -0.2) is 0 Å². The van der Waals surface area contributed by atoms with E-state index in [0.717, 1.165) is 31.9 Å². The molecule has 1 aliphatic rings. The Labute approximate surface area is 101 Å². The third-order valence-corrected chi connectivity index (χ3v) is 3.95. The molecule has 1 rings (SSSR count). The number of thioether (sulfide) groups is 1. The van der Waals surface area contributed by atoms with Gasteiger partial charge in [-0.15, -0.1) is 0 Å². The molecule has 0 aromatic carbocycles. The first-order valence-electron chi connectivity index (χ1n) is 5.65. The van der Waals surface area contributed by atoms with Crippen LogP contribution >= 0.6 is 11.8 Å². The van der Waals surface area contributed by atoms with Crippen LogP contribution < -0.4 is 5.32 Å². The fraction of sp³-hybridized carbons (Fsp3) is 0.909. The number of hydrogen-bond donors (Lipinski definition) is 1. The van der Waals surface area contributed by atoms with Crippen molar-refractivity contribution in [3.05, 3.63) is 0 Å². The molecule has 0 aromatic heterocycles. The summed E-state index contributed by atoms with van der Waals surface area (Å²) in [6, 6.07) is 0. The minimum absolute atomic E-state index is 0.181. The SMILES string of the molecule is CCNC(C)(CCSC1COC1)C(=O)OC. The monoisotopic (exact) mass is 247 g/mol. The fourth-order valence-corrected chi connectivity index (χ4v) is 2.86. The maximum atomic E-state index is 11.7. The minimum atomic E-state index is -0.554. The van der Waals surface area contributed by atoms with Crippen molar-refractivity contribution >= 4 is 17.7 Å². The summed E-state index contributed by atoms with van der Waals surface area (Å²) < 4.78 is 9.94. The van der Waals surface area contributed by atoms with Gasteiger partial charge in [0.1, 0.15) is 5.54 Å². The summed E-state index contributed by atoms with van der Waals surface area (Å²) in [6.45, 7) is 6.36. The van der Waals surface area contributed by atoms with E-state index < -0.39 is 5.54 Å². The second-order valence-corrected chi connectivity index (χ2v) is 5.54. The number of esters is 1. The van der Waals surface area contributed by atoms with E-state index in [-0.39, 0.29) is 5.97 Å². The molecule has 5 heteroatoms. The van der Waals surface area contributed by atoms with Gasteiger partial charge in [0, 0.05) is 0 Å². The van der Waals surface area contributed by atoms with Crippen LogP contribution in [0.15, 0.2) is 0 Å². The molecule has 0 amide bonds. The van der Waals surface area contributed by atoms with Crippen LogP contribution in [0.2, 0.25) is 0 Å². The van der Waals surface area contributed by atoms with Crippen molar-refractivity contribution in [3.63, 3.8) is 0 Å². The zero-order valence-corrected chi connectivity index (χ0v) is 11.1. The molecule has 1 fully saturated rings. The van der Waals surface area contributed by atoms with Crippen molar-refractivity contribution in [2.24, 2.45) is 0 Å². The molecule has 0 aromatic rings. The lowest BCUT2D eigenvalue weighted by Gasteiger charge is -2.30. The average molecular weight is 247 g/mol. The smallest absolute Gasteiger partial charge is 0.325 e. The largest absolute Gasteiger partial charge is 0.468 e. The van der Waals surface area contributed by atoms with Crippen molar-refractivity contribution in [1.82, 2.24) is 5.32 Å². The molecule has 1 unspecified atom stereocenters. The number of likely N-dealkylation sites (N-methyl/N-ethyl adjacent to an activating group) is 1. The Balaban J connectivity index is 2.33. The van der Waals surface area contributed by atoms with Gasteiger partial charge in [0.2, 0.25) is 0 Å². The molecule has 1 saturated heterocycles. The fourth-order valence-electron chi connectivity index (χ4n) is 1.62. The van der Waals surface area contributed by atoms with E-state index in [0.29, 0.717) is 5.25 Å². The van der Waals surface area contributed by atoms with Crippen molar-refractivity contribution in [2.75, 3.05) is 32.6 Å². The lowest BCUT2D eigenvalue weighted by atomic mass is 9.99. The Morgan fingerprint density at radius 1 is 1.62 bits per heavy atom. The molecule has 16 heavy (non-hydrogen) atoms. The number of rotatable bonds is 7. The molecule has 1 atom stereocenters. The van der Waals surface area contributed by atoms with Crippen LogP contribution in [0.1, 0.15) is 20.3 Å². The predicted octanol–water partition coefficient (Wildman–Crippen LogP) is 1.05. The molecule has 1 heterocycles. The molecule has 94 valence electrons. The highest BCUT2D eigenvalue weighted by Crippen LogP contribution is 2.23. The molecule has 0 spiro atoms. The Hall–Kier alpha value is -0.260. The molecule has 4 nitrogen and oxygen atoms in total. The van der Waals surface area contributed by atoms with Gasteiger partial charge in [0.25, 0.3) is 0 Å². The van der Waals surface area contributed by atoms with Gasteiger partial charge >= 0.3 is 5.97 Å². The maximum absolute atomic E-state index is 11.7. The Bertz CT molecular complexity index is 233. The summed E-state index contributed by atoms with van der Waals surface area (Å²) in [4.78, 5) is 11.7. The van der Waals surface area contributed by atoms with Gasteiger partial charge in [-0.1, -0.05) is 6.92 Å². The Morgan fingerprint density at radius 2 is 2.31 bits per heavy atom. The van der Waals surface area contributed by atoms with Crippen molar-refractivity contribution in [3.8, 4) is 0 Å². The molecule has 0 saturated carbocycles. The quantitative estimate of drug-likeness (QED) is 0.681. The first-order valence-corrected chi connectivity index (χ1v) is 6.70. The normalized spacial score (nSPS) is 19.9. The summed E-state index contributed by atoms with van der Waals surface area (Å²) >= 11 is 1.87. The Morgan fingerprint density at radius 3 is 2.75 bits per heavy atom. The minimum Gasteiger partial charge on any atom is -0.468 e. The number of nitrogens with one attached hydrogen (secondary N) is 1. The number of carbonyl (C=O) groups is 1. The van der Waals surface area contributed by atoms with Crippen molar-refractivity contribution in [2.45, 2.75) is 31.1 Å². The summed E-state index contributed by atoms with van der Waals surface area (Å²) in [5.41, 5.74) is -0.554. The second kappa shape index (κ2) is 6.47. The third-order valence-electron chi connectivity index (χ3n) is 2.77. The zero-order chi connectivity index (χ0) is 12.0. The van der Waals surface area contributed by atoms with Gasteiger partial charge in [-0.2, -0.15) is 11.8 Å². The first kappa shape index (κ1) is 13.8. The first-order chi connectivity index (χ1) is 7.62. The van der Waals surface area contributed by atoms with E-state index in [2.05, 4.69) is 5.32 Å². The third kappa shape index (κ3) is 3.64. The van der Waals surface area contributed by atoms with Crippen molar-refractivity contribution < 1.29 is 14.3 Å². The van der Waals surface area contributed by atoms with Crippen LogP contribution in [0, 0.1) is 0 Å². The van der Waals surface area contributed by atoms with Crippen LogP contribution in [-0.2, 0) is 14.3 Å². The maximum Gasteiger partial charge on any atom is 0.325 e. The predicted molar refractivity (Wildman–Crippen MR) is 65.8 cm³/mol. The summed E-state index contributed by atoms with van der Waals surface area (Å²) in [6.07, 6.45) is 0.786. The van der Waals surface area contributed by atoms with E-state index in [1.165, 1.54) is 7.11 Å². The van der Waals surface area contributed by atoms with Crippen LogP contribution in [0.25, 0.3) is 0 Å². The summed E-state index contributed by atoms with van der Waals surface area (Å²) in [7, 11) is 1.44. The van der Waals surface area contributed by atoms with E-state index in [1.807, 2.05) is 25.6 Å². The average Bonchev–Trinajstić information content (AvgIpc) is 2.21. The van der Waals surface area contributed by atoms with E-state index in [4.69, 9.17) is 9.47 Å². The number of carbonyl (C=O) groups excluding carboxylic acids is 1. The van der Waals surface area contributed by atoms with Crippen molar-refractivity contribution in [1.29, 1.82) is 0 Å². The van der Waals surface area contributed by atoms with Crippen LogP contribution in [0.5, 0.6) is 0 Å². The van der Waals surface area contributed by atoms with Crippen LogP contribution in [-0.4, -0.2) is 49.4 Å². The number of methoxy groups -OCH3 is 1. The highest BCUT2D eigenvalue weighted by Gasteiger charge is 2.33. The van der Waals surface area contributed by atoms with Gasteiger partial charge in [-0.3, -0.25) is 4.79 Å². The number of hydrogen-bond acceptors (Lipinski definition) is 5. The number of ether oxygens (including phenoxy) is 2. The summed E-state index contributed by atoms with van der Waals surface area (Å²) in [5.74, 6) is 0.770. The van der Waals surface area contributed by atoms with E-state index in [1.54, 1.807) is 0 Å². The Kier molecular flexibility index (Phi) is 5.58. The van der Waals surface area contributed by atoms with Gasteiger partial charge < -0.3 is 14.8 Å². The molecular formula is C11H21NO3S. The molecule has 0 radical (unpaired) electrons. The molecule has 0 bridgehead atoms. The molecule has 0 aliphatic carbocycles. The van der Waals surface area contributed by atoms with Crippen LogP contribution in [0.3, 0.4) is 0 Å². The standard InChI is InChI=1S/C11H21NO3S/c1-4-12-11(2,10(13)14-3)5-6-16-9-7-15-8-9/h9,12H,4-8H2,1-3H3. The topological polar surface area (TPSA) is 47.6 Å². The highest BCUT2D eigenvalue weighted by atomic mass is 32.2. The molecular weight excluding hydrogens is 226 g/mol. The zero-order valence-electron chi connectivity index (χ0n) is 10.2. The highest BCUT2D eigenvalue weighted by molar-refractivity contribution is 8.00.